The van der Waals surface area contributed by atoms with Gasteiger partial charge < -0.3 is 20.7 Å². The predicted molar refractivity (Wildman–Crippen MR) is 78.1 cm³/mol. The maximum absolute atomic E-state index is 8.60. The van der Waals surface area contributed by atoms with E-state index in [1.807, 2.05) is 7.05 Å². The van der Waals surface area contributed by atoms with Gasteiger partial charge in [0.2, 0.25) is 0 Å². The summed E-state index contributed by atoms with van der Waals surface area (Å²) in [7, 11) is 6.26. The number of anilines is 1. The van der Waals surface area contributed by atoms with Crippen LogP contribution in [0.1, 0.15) is 25.0 Å². The number of amidine groups is 1. The number of nitrogens with two attached hydrogens (primary N) is 1. The third-order valence-electron chi connectivity index (χ3n) is 4.16. The Morgan fingerprint density at radius 3 is 2.45 bits per heavy atom. The monoisotopic (exact) mass is 278 g/mol. The molecule has 0 amide bonds. The van der Waals surface area contributed by atoms with Gasteiger partial charge in [-0.1, -0.05) is 5.16 Å². The Hall–Kier alpha value is -1.89. The standard InChI is InChI=1S/C13H22N6O/c1-18(2)13(5-4-6-13)9-19(3)11-8-15-10(7-16-11)12(14)17-20/h7-8,20H,4-6,9H2,1-3H3,(H2,14,17). The Labute approximate surface area is 119 Å². The molecule has 7 heteroatoms. The summed E-state index contributed by atoms with van der Waals surface area (Å²) in [6.07, 6.45) is 6.86. The van der Waals surface area contributed by atoms with Crippen LogP contribution in [0, 0.1) is 0 Å². The summed E-state index contributed by atoms with van der Waals surface area (Å²) in [6.45, 7) is 0.914. The first kappa shape index (κ1) is 14.5. The van der Waals surface area contributed by atoms with E-state index < -0.39 is 0 Å². The fraction of sp³-hybridized carbons (Fsp3) is 0.615. The van der Waals surface area contributed by atoms with Crippen LogP contribution in [0.2, 0.25) is 0 Å². The van der Waals surface area contributed by atoms with Crippen LogP contribution < -0.4 is 10.6 Å². The molecule has 1 aliphatic carbocycles. The molecule has 1 heterocycles. The zero-order chi connectivity index (χ0) is 14.8. The van der Waals surface area contributed by atoms with Crippen LogP contribution in [0.4, 0.5) is 5.82 Å². The molecule has 2 rings (SSSR count). The highest BCUT2D eigenvalue weighted by Crippen LogP contribution is 2.37. The van der Waals surface area contributed by atoms with E-state index in [2.05, 4.69) is 39.0 Å². The number of rotatable bonds is 5. The summed E-state index contributed by atoms with van der Waals surface area (Å²) in [4.78, 5) is 12.9. The summed E-state index contributed by atoms with van der Waals surface area (Å²) >= 11 is 0. The molecule has 0 spiro atoms. The van der Waals surface area contributed by atoms with E-state index >= 15 is 0 Å². The lowest BCUT2D eigenvalue weighted by molar-refractivity contribution is 0.0681. The minimum absolute atomic E-state index is 0.0320. The molecule has 0 radical (unpaired) electrons. The first-order valence-electron chi connectivity index (χ1n) is 6.67. The SMILES string of the molecule is CN(CC1(N(C)C)CCC1)c1cnc(C(N)=NO)cn1. The maximum atomic E-state index is 8.60. The largest absolute Gasteiger partial charge is 0.409 e. The van der Waals surface area contributed by atoms with Crippen molar-refractivity contribution in [2.75, 3.05) is 32.6 Å². The van der Waals surface area contributed by atoms with Gasteiger partial charge >= 0.3 is 0 Å². The minimum atomic E-state index is -0.0320. The normalized spacial score (nSPS) is 17.9. The van der Waals surface area contributed by atoms with Crippen molar-refractivity contribution in [3.8, 4) is 0 Å². The summed E-state index contributed by atoms with van der Waals surface area (Å²) in [5.74, 6) is 0.753. The van der Waals surface area contributed by atoms with E-state index in [4.69, 9.17) is 10.9 Å². The number of likely N-dealkylation sites (N-methyl/N-ethyl adjacent to an activating group) is 2. The lowest BCUT2D eigenvalue weighted by atomic mass is 9.75. The molecule has 110 valence electrons. The molecule has 0 aromatic carbocycles. The van der Waals surface area contributed by atoms with E-state index in [1.54, 1.807) is 6.20 Å². The van der Waals surface area contributed by atoms with Gasteiger partial charge in [0, 0.05) is 19.1 Å². The smallest absolute Gasteiger partial charge is 0.190 e. The molecule has 1 fully saturated rings. The molecule has 20 heavy (non-hydrogen) atoms. The molecule has 0 bridgehead atoms. The second kappa shape index (κ2) is 5.62. The Bertz CT molecular complexity index is 480. The van der Waals surface area contributed by atoms with E-state index in [0.29, 0.717) is 5.69 Å². The van der Waals surface area contributed by atoms with Gasteiger partial charge in [0.15, 0.2) is 5.84 Å². The van der Waals surface area contributed by atoms with Gasteiger partial charge in [-0.05, 0) is 33.4 Å². The Kier molecular flexibility index (Phi) is 4.08. The second-order valence-corrected chi connectivity index (χ2v) is 5.57. The first-order chi connectivity index (χ1) is 9.48. The van der Waals surface area contributed by atoms with Crippen molar-refractivity contribution in [2.45, 2.75) is 24.8 Å². The van der Waals surface area contributed by atoms with Crippen LogP contribution >= 0.6 is 0 Å². The van der Waals surface area contributed by atoms with Crippen molar-refractivity contribution >= 4 is 11.7 Å². The van der Waals surface area contributed by atoms with E-state index in [1.165, 1.54) is 25.5 Å². The molecule has 0 unspecified atom stereocenters. The van der Waals surface area contributed by atoms with Gasteiger partial charge in [-0.15, -0.1) is 0 Å². The van der Waals surface area contributed by atoms with Gasteiger partial charge in [-0.25, -0.2) is 9.97 Å². The van der Waals surface area contributed by atoms with E-state index in [0.717, 1.165) is 12.4 Å². The summed E-state index contributed by atoms with van der Waals surface area (Å²) in [5.41, 5.74) is 6.08. The third-order valence-corrected chi connectivity index (χ3v) is 4.16. The highest BCUT2D eigenvalue weighted by Gasteiger charge is 2.40. The second-order valence-electron chi connectivity index (χ2n) is 5.57. The summed E-state index contributed by atoms with van der Waals surface area (Å²) in [5, 5.41) is 11.5. The molecule has 1 aliphatic rings. The van der Waals surface area contributed by atoms with Crippen molar-refractivity contribution < 1.29 is 5.21 Å². The third kappa shape index (κ3) is 2.67. The fourth-order valence-electron chi connectivity index (χ4n) is 2.56. The van der Waals surface area contributed by atoms with Crippen molar-refractivity contribution in [2.24, 2.45) is 10.9 Å². The first-order valence-corrected chi connectivity index (χ1v) is 6.67. The van der Waals surface area contributed by atoms with Crippen LogP contribution in [0.3, 0.4) is 0 Å². The predicted octanol–water partition coefficient (Wildman–Crippen LogP) is 0.492. The molecule has 0 atom stereocenters. The summed E-state index contributed by atoms with van der Waals surface area (Å²) < 4.78 is 0. The number of nitrogens with zero attached hydrogens (tertiary/aromatic N) is 5. The highest BCUT2D eigenvalue weighted by atomic mass is 16.4. The molecule has 3 N–H and O–H groups in total. The molecule has 7 nitrogen and oxygen atoms in total. The molecule has 0 aliphatic heterocycles. The zero-order valence-corrected chi connectivity index (χ0v) is 12.2. The fourth-order valence-corrected chi connectivity index (χ4v) is 2.56. The zero-order valence-electron chi connectivity index (χ0n) is 12.2. The Morgan fingerprint density at radius 1 is 1.35 bits per heavy atom. The molecule has 1 saturated carbocycles. The topological polar surface area (TPSA) is 90.9 Å². The van der Waals surface area contributed by atoms with Gasteiger partial charge in [0.1, 0.15) is 11.5 Å². The average Bonchev–Trinajstić information content (AvgIpc) is 2.41. The number of oxime groups is 1. The molecule has 1 aromatic rings. The van der Waals surface area contributed by atoms with Crippen molar-refractivity contribution in [3.63, 3.8) is 0 Å². The molecular weight excluding hydrogens is 256 g/mol. The average molecular weight is 278 g/mol. The lowest BCUT2D eigenvalue weighted by Gasteiger charge is -2.49. The van der Waals surface area contributed by atoms with Crippen molar-refractivity contribution in [1.82, 2.24) is 14.9 Å². The van der Waals surface area contributed by atoms with Crippen LogP contribution in [0.5, 0.6) is 0 Å². The van der Waals surface area contributed by atoms with Crippen LogP contribution in [0.15, 0.2) is 17.5 Å². The van der Waals surface area contributed by atoms with Gasteiger partial charge in [-0.2, -0.15) is 0 Å². The summed E-state index contributed by atoms with van der Waals surface area (Å²) in [6, 6.07) is 0. The molecular formula is C13H22N6O. The van der Waals surface area contributed by atoms with Crippen LogP contribution in [-0.2, 0) is 0 Å². The van der Waals surface area contributed by atoms with Crippen molar-refractivity contribution in [1.29, 1.82) is 0 Å². The van der Waals surface area contributed by atoms with Gasteiger partial charge in [-0.3, -0.25) is 0 Å². The van der Waals surface area contributed by atoms with Crippen LogP contribution in [0.25, 0.3) is 0 Å². The number of hydrogen-bond donors (Lipinski definition) is 2. The van der Waals surface area contributed by atoms with Gasteiger partial charge in [0.25, 0.3) is 0 Å². The highest BCUT2D eigenvalue weighted by molar-refractivity contribution is 5.94. The molecule has 0 saturated heterocycles. The number of hydrogen-bond acceptors (Lipinski definition) is 6. The van der Waals surface area contributed by atoms with E-state index in [-0.39, 0.29) is 11.4 Å². The Balaban J connectivity index is 2.08. The number of aromatic nitrogens is 2. The molecule has 1 aromatic heterocycles. The van der Waals surface area contributed by atoms with E-state index in [9.17, 15) is 0 Å². The lowest BCUT2D eigenvalue weighted by Crippen LogP contribution is -2.56. The minimum Gasteiger partial charge on any atom is -0.409 e. The maximum Gasteiger partial charge on any atom is 0.190 e. The quantitative estimate of drug-likeness (QED) is 0.352. The van der Waals surface area contributed by atoms with Crippen molar-refractivity contribution in [3.05, 3.63) is 18.1 Å². The van der Waals surface area contributed by atoms with Gasteiger partial charge in [0.05, 0.1) is 12.4 Å². The Morgan fingerprint density at radius 2 is 2.05 bits per heavy atom. The van der Waals surface area contributed by atoms with Crippen LogP contribution in [-0.4, -0.2) is 59.1 Å².